The average Bonchev–Trinajstić information content (AvgIpc) is 3.61. The fraction of sp³-hybridized carbons (Fsp3) is 0.205. The molecule has 49 heavy (non-hydrogen) atoms. The van der Waals surface area contributed by atoms with E-state index < -0.39 is 0 Å². The maximum atomic E-state index is 6.28. The molecule has 0 unspecified atom stereocenters. The number of pyridine rings is 2. The normalized spacial score (nSPS) is 13.0. The van der Waals surface area contributed by atoms with Crippen LogP contribution in [0.15, 0.2) is 132 Å². The van der Waals surface area contributed by atoms with Crippen LogP contribution in [0.3, 0.4) is 0 Å². The van der Waals surface area contributed by atoms with Crippen LogP contribution in [0.4, 0.5) is 0 Å². The monoisotopic (exact) mass is 818 g/mol. The van der Waals surface area contributed by atoms with Crippen molar-refractivity contribution >= 4 is 11.1 Å². The van der Waals surface area contributed by atoms with E-state index in [2.05, 4.69) is 78.4 Å². The largest absolute Gasteiger partial charge is 0.457 e. The fourth-order valence-corrected chi connectivity index (χ4v) is 6.42. The number of hydrogen-bond acceptors (Lipinski definition) is 4. The molecule has 247 valence electrons. The average molecular weight is 818 g/mol. The van der Waals surface area contributed by atoms with Gasteiger partial charge >= 0.3 is 0 Å². The molecule has 1 aliphatic carbocycles. The molecule has 3 aromatic heterocycles. The number of rotatable bonds is 6. The number of benzene rings is 4. The molecule has 7 aromatic rings. The molecular weight excluding hydrogens is 779 g/mol. The first-order chi connectivity index (χ1) is 23.6. The van der Waals surface area contributed by atoms with Gasteiger partial charge in [0, 0.05) is 43.6 Å². The van der Waals surface area contributed by atoms with E-state index in [9.17, 15) is 0 Å². The van der Waals surface area contributed by atoms with Crippen LogP contribution in [-0.4, -0.2) is 15.0 Å². The molecule has 0 saturated heterocycles. The number of hydrogen-bond donors (Lipinski definition) is 0. The van der Waals surface area contributed by atoms with E-state index in [1.165, 1.54) is 43.2 Å². The van der Waals surface area contributed by atoms with Gasteiger partial charge in [0.1, 0.15) is 0 Å². The third-order valence-electron chi connectivity index (χ3n) is 9.11. The second-order valence-electron chi connectivity index (χ2n) is 12.7. The molecule has 8 rings (SSSR count). The second-order valence-corrected chi connectivity index (χ2v) is 12.7. The quantitative estimate of drug-likeness (QED) is 0.157. The van der Waals surface area contributed by atoms with Crippen LogP contribution < -0.4 is 0 Å². The summed E-state index contributed by atoms with van der Waals surface area (Å²) >= 11 is 0. The molecule has 0 N–H and O–H groups in total. The molecule has 0 bridgehead atoms. The van der Waals surface area contributed by atoms with Crippen molar-refractivity contribution in [1.29, 1.82) is 0 Å². The Hall–Kier alpha value is -4.70. The molecule has 0 amide bonds. The van der Waals surface area contributed by atoms with Crippen LogP contribution in [0.2, 0.25) is 0 Å². The number of fused-ring (bicyclic) bond motifs is 1. The van der Waals surface area contributed by atoms with Crippen LogP contribution in [0, 0.1) is 12.1 Å². The Bertz CT molecular complexity index is 2030. The Morgan fingerprint density at radius 3 is 2.16 bits per heavy atom. The maximum absolute atomic E-state index is 6.28. The third-order valence-corrected chi connectivity index (χ3v) is 9.11. The summed E-state index contributed by atoms with van der Waals surface area (Å²) in [4.78, 5) is 13.8. The van der Waals surface area contributed by atoms with Crippen LogP contribution in [0.25, 0.3) is 56.2 Å². The molecule has 0 atom stereocenters. The van der Waals surface area contributed by atoms with E-state index in [0.29, 0.717) is 23.3 Å². The van der Waals surface area contributed by atoms with Gasteiger partial charge < -0.3 is 14.4 Å². The number of oxazole rings is 1. The molecule has 1 saturated carbocycles. The zero-order valence-electron chi connectivity index (χ0n) is 27.9. The standard InChI is InChI=1S/C33H31N2O.C11H8N.Ir/c1-22(2)27-17-18-34-30(20-27)28-19-29(25-15-13-24(14-16-25)23-9-5-3-6-10-23)32-31(21-28)36-33(35-32)26-11-7-4-8-12-26;1-2-6-10(7-3-1)11-8-4-5-9-12-11;/h4,7-8,11-20,22-23H,3,5-6,9-10H2,1-2H3;1-6,8-9H;/q2*-1;. The van der Waals surface area contributed by atoms with Crippen LogP contribution in [0.1, 0.15) is 68.9 Å². The van der Waals surface area contributed by atoms with E-state index >= 15 is 0 Å². The molecule has 1 fully saturated rings. The second kappa shape index (κ2) is 16.1. The van der Waals surface area contributed by atoms with E-state index in [-0.39, 0.29) is 20.1 Å². The summed E-state index contributed by atoms with van der Waals surface area (Å²) in [7, 11) is 0. The van der Waals surface area contributed by atoms with Gasteiger partial charge in [-0.05, 0) is 71.5 Å². The smallest absolute Gasteiger partial charge is 0.215 e. The number of nitrogens with zero attached hydrogens (tertiary/aromatic N) is 3. The van der Waals surface area contributed by atoms with E-state index in [4.69, 9.17) is 9.40 Å². The van der Waals surface area contributed by atoms with Crippen LogP contribution >= 0.6 is 0 Å². The van der Waals surface area contributed by atoms with E-state index in [0.717, 1.165) is 44.7 Å². The molecule has 3 heterocycles. The Balaban J connectivity index is 0.000000270. The number of aromatic nitrogens is 3. The molecule has 0 aliphatic heterocycles. The molecule has 4 nitrogen and oxygen atoms in total. The Morgan fingerprint density at radius 1 is 0.694 bits per heavy atom. The van der Waals surface area contributed by atoms with Crippen molar-refractivity contribution in [2.45, 2.75) is 57.8 Å². The van der Waals surface area contributed by atoms with Gasteiger partial charge in [-0.25, -0.2) is 0 Å². The van der Waals surface area contributed by atoms with Crippen molar-refractivity contribution in [3.8, 4) is 45.1 Å². The van der Waals surface area contributed by atoms with Crippen molar-refractivity contribution in [1.82, 2.24) is 15.0 Å². The van der Waals surface area contributed by atoms with Gasteiger partial charge in [0.25, 0.3) is 0 Å². The molecule has 1 radical (unpaired) electrons. The first-order valence-corrected chi connectivity index (χ1v) is 17.0. The van der Waals surface area contributed by atoms with Crippen molar-refractivity contribution in [3.05, 3.63) is 151 Å². The van der Waals surface area contributed by atoms with Gasteiger partial charge in [-0.15, -0.1) is 47.5 Å². The fourth-order valence-electron chi connectivity index (χ4n) is 6.42. The van der Waals surface area contributed by atoms with Gasteiger partial charge in [0.05, 0.1) is 5.58 Å². The summed E-state index contributed by atoms with van der Waals surface area (Å²) in [5.74, 6) is 1.73. The molecule has 1 aliphatic rings. The Kier molecular flexibility index (Phi) is 11.3. The molecular formula is C44H39IrN3O-2. The summed E-state index contributed by atoms with van der Waals surface area (Å²) in [5.41, 5.74) is 11.2. The van der Waals surface area contributed by atoms with Crippen LogP contribution in [0.5, 0.6) is 0 Å². The first-order valence-electron chi connectivity index (χ1n) is 17.0. The summed E-state index contributed by atoms with van der Waals surface area (Å²) in [6.07, 6.45) is 10.3. The first kappa shape index (κ1) is 34.2. The minimum absolute atomic E-state index is 0. The van der Waals surface area contributed by atoms with Crippen molar-refractivity contribution < 1.29 is 24.5 Å². The van der Waals surface area contributed by atoms with Gasteiger partial charge in [-0.2, -0.15) is 0 Å². The van der Waals surface area contributed by atoms with Crippen molar-refractivity contribution in [3.63, 3.8) is 0 Å². The van der Waals surface area contributed by atoms with E-state index in [1.54, 1.807) is 6.20 Å². The summed E-state index contributed by atoms with van der Waals surface area (Å²) in [6, 6.07) is 45.9. The summed E-state index contributed by atoms with van der Waals surface area (Å²) in [6.45, 7) is 4.40. The Labute approximate surface area is 303 Å². The van der Waals surface area contributed by atoms with Gasteiger partial charge in [-0.1, -0.05) is 111 Å². The zero-order chi connectivity index (χ0) is 32.7. The van der Waals surface area contributed by atoms with Crippen molar-refractivity contribution in [2.75, 3.05) is 0 Å². The van der Waals surface area contributed by atoms with Gasteiger partial charge in [-0.3, -0.25) is 4.98 Å². The topological polar surface area (TPSA) is 51.8 Å². The summed E-state index contributed by atoms with van der Waals surface area (Å²) < 4.78 is 6.28. The third kappa shape index (κ3) is 8.13. The van der Waals surface area contributed by atoms with Gasteiger partial charge in [0.2, 0.25) is 5.89 Å². The maximum Gasteiger partial charge on any atom is 0.215 e. The minimum Gasteiger partial charge on any atom is -0.457 e. The summed E-state index contributed by atoms with van der Waals surface area (Å²) in [5, 5.41) is 0. The predicted octanol–water partition coefficient (Wildman–Crippen LogP) is 11.7. The van der Waals surface area contributed by atoms with Gasteiger partial charge in [0.15, 0.2) is 0 Å². The molecule has 5 heteroatoms. The zero-order valence-corrected chi connectivity index (χ0v) is 30.3. The Morgan fingerprint density at radius 2 is 1.45 bits per heavy atom. The van der Waals surface area contributed by atoms with Crippen LogP contribution in [-0.2, 0) is 20.1 Å². The molecule has 4 aromatic carbocycles. The SMILES string of the molecule is CC(C)c1ccnc(-c2[c-]c3oc(-c4ccccc4)nc3c(-c3ccc(C4CCCCC4)cc3)c2)c1.[Ir].[c-]1ccccc1-c1ccccn1. The predicted molar refractivity (Wildman–Crippen MR) is 195 cm³/mol. The van der Waals surface area contributed by atoms with Crippen molar-refractivity contribution in [2.24, 2.45) is 0 Å². The van der Waals surface area contributed by atoms with E-state index in [1.807, 2.05) is 79.0 Å². The minimum atomic E-state index is 0. The molecule has 0 spiro atoms.